The fourth-order valence-corrected chi connectivity index (χ4v) is 1.36. The molecule has 2 N–H and O–H groups in total. The summed E-state index contributed by atoms with van der Waals surface area (Å²) in [7, 11) is 0. The van der Waals surface area contributed by atoms with E-state index in [9.17, 15) is 0 Å². The van der Waals surface area contributed by atoms with Crippen LogP contribution in [0.3, 0.4) is 0 Å². The van der Waals surface area contributed by atoms with Gasteiger partial charge >= 0.3 is 0 Å². The summed E-state index contributed by atoms with van der Waals surface area (Å²) in [4.78, 5) is 0. The molecule has 1 heterocycles. The quantitative estimate of drug-likeness (QED) is 0.721. The van der Waals surface area contributed by atoms with Crippen molar-refractivity contribution in [3.8, 4) is 0 Å². The van der Waals surface area contributed by atoms with Crippen LogP contribution in [-0.2, 0) is 0 Å². The zero-order valence-electron chi connectivity index (χ0n) is 8.07. The van der Waals surface area contributed by atoms with E-state index in [1.807, 2.05) is 13.8 Å². The molecular weight excluding hydrogens is 152 g/mol. The van der Waals surface area contributed by atoms with Gasteiger partial charge in [-0.25, -0.2) is 4.68 Å². The number of hydrogen-bond acceptors (Lipinski definition) is 3. The lowest BCUT2D eigenvalue weighted by molar-refractivity contribution is 0.466. The van der Waals surface area contributed by atoms with E-state index in [0.29, 0.717) is 5.92 Å². The maximum absolute atomic E-state index is 5.73. The van der Waals surface area contributed by atoms with Gasteiger partial charge in [0.15, 0.2) is 0 Å². The molecule has 0 spiro atoms. The number of rotatable bonds is 2. The first-order chi connectivity index (χ1) is 5.54. The van der Waals surface area contributed by atoms with Crippen LogP contribution in [0.4, 0.5) is 0 Å². The largest absolute Gasteiger partial charge is 0.310 e. The topological polar surface area (TPSA) is 56.7 Å². The molecule has 0 aromatic carbocycles. The van der Waals surface area contributed by atoms with Crippen molar-refractivity contribution < 1.29 is 0 Å². The van der Waals surface area contributed by atoms with Crippen LogP contribution in [0.25, 0.3) is 0 Å². The van der Waals surface area contributed by atoms with E-state index in [1.54, 1.807) is 4.68 Å². The Morgan fingerprint density at radius 2 is 1.92 bits per heavy atom. The Hall–Kier alpha value is -0.900. The van der Waals surface area contributed by atoms with Crippen molar-refractivity contribution in [3.63, 3.8) is 0 Å². The van der Waals surface area contributed by atoms with E-state index < -0.39 is 0 Å². The van der Waals surface area contributed by atoms with Crippen LogP contribution in [0.2, 0.25) is 0 Å². The summed E-state index contributed by atoms with van der Waals surface area (Å²) >= 11 is 0. The second-order valence-corrected chi connectivity index (χ2v) is 3.40. The molecule has 0 fully saturated rings. The van der Waals surface area contributed by atoms with Gasteiger partial charge in [-0.2, -0.15) is 0 Å². The molecule has 0 amide bonds. The molecular formula is C8H16N4. The van der Waals surface area contributed by atoms with Crippen LogP contribution in [0, 0.1) is 6.92 Å². The average Bonchev–Trinajstić information content (AvgIpc) is 2.30. The van der Waals surface area contributed by atoms with E-state index >= 15 is 0 Å². The highest BCUT2D eigenvalue weighted by molar-refractivity contribution is 5.12. The van der Waals surface area contributed by atoms with Gasteiger partial charge in [0.2, 0.25) is 0 Å². The highest BCUT2D eigenvalue weighted by Crippen LogP contribution is 2.18. The van der Waals surface area contributed by atoms with Crippen LogP contribution in [0.15, 0.2) is 0 Å². The minimum Gasteiger partial charge on any atom is -0.310 e. The predicted molar refractivity (Wildman–Crippen MR) is 47.7 cm³/mol. The Kier molecular flexibility index (Phi) is 2.47. The van der Waals surface area contributed by atoms with Crippen molar-refractivity contribution in [2.75, 3.05) is 0 Å². The molecule has 1 unspecified atom stereocenters. The molecule has 1 rings (SSSR count). The predicted octanol–water partition coefficient (Wildman–Crippen LogP) is 1.19. The number of aromatic nitrogens is 3. The fourth-order valence-electron chi connectivity index (χ4n) is 1.36. The first-order valence-electron chi connectivity index (χ1n) is 4.21. The van der Waals surface area contributed by atoms with Gasteiger partial charge < -0.3 is 5.73 Å². The maximum Gasteiger partial charge on any atom is 0.0981 e. The minimum absolute atomic E-state index is 0.0939. The summed E-state index contributed by atoms with van der Waals surface area (Å²) in [5, 5.41) is 7.97. The molecule has 1 atom stereocenters. The van der Waals surface area contributed by atoms with Crippen molar-refractivity contribution in [3.05, 3.63) is 11.4 Å². The summed E-state index contributed by atoms with van der Waals surface area (Å²) in [6, 6.07) is 0. The lowest BCUT2D eigenvalue weighted by Gasteiger charge is -2.12. The molecule has 1 aromatic heterocycles. The van der Waals surface area contributed by atoms with Gasteiger partial charge in [0, 0.05) is 0 Å². The van der Waals surface area contributed by atoms with Gasteiger partial charge in [-0.05, 0) is 19.8 Å². The van der Waals surface area contributed by atoms with Crippen molar-refractivity contribution in [1.82, 2.24) is 15.0 Å². The van der Waals surface area contributed by atoms with Crippen LogP contribution in [0.1, 0.15) is 44.2 Å². The van der Waals surface area contributed by atoms with E-state index in [1.165, 1.54) is 0 Å². The smallest absolute Gasteiger partial charge is 0.0981 e. The molecule has 4 heteroatoms. The summed E-state index contributed by atoms with van der Waals surface area (Å²) in [6.07, 6.45) is -0.0939. The Labute approximate surface area is 72.8 Å². The highest BCUT2D eigenvalue weighted by atomic mass is 15.5. The van der Waals surface area contributed by atoms with E-state index in [2.05, 4.69) is 24.2 Å². The number of nitrogens with two attached hydrogens (primary N) is 1. The van der Waals surface area contributed by atoms with Gasteiger partial charge in [0.1, 0.15) is 0 Å². The molecule has 4 nitrogen and oxygen atoms in total. The van der Waals surface area contributed by atoms with Crippen LogP contribution < -0.4 is 5.73 Å². The maximum atomic E-state index is 5.73. The summed E-state index contributed by atoms with van der Waals surface area (Å²) in [6.45, 7) is 8.09. The van der Waals surface area contributed by atoms with Crippen LogP contribution >= 0.6 is 0 Å². The average molecular weight is 168 g/mol. The minimum atomic E-state index is -0.0939. The summed E-state index contributed by atoms with van der Waals surface area (Å²) < 4.78 is 1.78. The summed E-state index contributed by atoms with van der Waals surface area (Å²) in [5.74, 6) is 0.422. The standard InChI is InChI=1S/C8H16N4/c1-5(2)8-6(3)10-11-12(8)7(4)9/h5,7H,9H2,1-4H3. The Morgan fingerprint density at radius 1 is 1.33 bits per heavy atom. The van der Waals surface area contributed by atoms with Crippen molar-refractivity contribution in [2.45, 2.75) is 39.8 Å². The van der Waals surface area contributed by atoms with E-state index in [-0.39, 0.29) is 6.17 Å². The molecule has 0 bridgehead atoms. The van der Waals surface area contributed by atoms with Gasteiger partial charge in [0.25, 0.3) is 0 Å². The lowest BCUT2D eigenvalue weighted by atomic mass is 10.1. The Bertz CT molecular complexity index is 262. The molecule has 0 aliphatic carbocycles. The van der Waals surface area contributed by atoms with E-state index in [0.717, 1.165) is 11.4 Å². The van der Waals surface area contributed by atoms with Gasteiger partial charge in [-0.1, -0.05) is 19.1 Å². The normalized spacial score (nSPS) is 13.8. The fraction of sp³-hybridized carbons (Fsp3) is 0.750. The zero-order valence-corrected chi connectivity index (χ0v) is 8.07. The Morgan fingerprint density at radius 3 is 2.25 bits per heavy atom. The molecule has 1 aromatic rings. The second kappa shape index (κ2) is 3.23. The van der Waals surface area contributed by atoms with Gasteiger partial charge in [-0.15, -0.1) is 5.10 Å². The molecule has 68 valence electrons. The third-order valence-corrected chi connectivity index (χ3v) is 1.84. The molecule has 0 radical (unpaired) electrons. The van der Waals surface area contributed by atoms with E-state index in [4.69, 9.17) is 5.73 Å². The third kappa shape index (κ3) is 1.48. The SMILES string of the molecule is Cc1nnn(C(C)N)c1C(C)C. The monoisotopic (exact) mass is 168 g/mol. The number of hydrogen-bond donors (Lipinski definition) is 1. The first kappa shape index (κ1) is 9.19. The summed E-state index contributed by atoms with van der Waals surface area (Å²) in [5.41, 5.74) is 7.83. The second-order valence-electron chi connectivity index (χ2n) is 3.40. The molecule has 12 heavy (non-hydrogen) atoms. The molecule has 0 saturated heterocycles. The molecule has 0 saturated carbocycles. The lowest BCUT2D eigenvalue weighted by Crippen LogP contribution is -2.19. The van der Waals surface area contributed by atoms with Gasteiger partial charge in [-0.3, -0.25) is 0 Å². The van der Waals surface area contributed by atoms with Crippen LogP contribution in [0.5, 0.6) is 0 Å². The zero-order chi connectivity index (χ0) is 9.30. The molecule has 0 aliphatic heterocycles. The number of aryl methyl sites for hydroxylation is 1. The van der Waals surface area contributed by atoms with Gasteiger partial charge in [0.05, 0.1) is 17.6 Å². The van der Waals surface area contributed by atoms with Crippen LogP contribution in [-0.4, -0.2) is 15.0 Å². The third-order valence-electron chi connectivity index (χ3n) is 1.84. The Balaban J connectivity index is 3.12. The van der Waals surface area contributed by atoms with Crippen molar-refractivity contribution >= 4 is 0 Å². The number of nitrogens with zero attached hydrogens (tertiary/aromatic N) is 3. The van der Waals surface area contributed by atoms with Crippen molar-refractivity contribution in [1.29, 1.82) is 0 Å². The highest BCUT2D eigenvalue weighted by Gasteiger charge is 2.14. The first-order valence-corrected chi connectivity index (χ1v) is 4.21. The van der Waals surface area contributed by atoms with Crippen molar-refractivity contribution in [2.24, 2.45) is 5.73 Å². The molecule has 0 aliphatic rings.